The summed E-state index contributed by atoms with van der Waals surface area (Å²) in [6, 6.07) is 0.144. The molecule has 0 aromatic heterocycles. The summed E-state index contributed by atoms with van der Waals surface area (Å²) in [6.07, 6.45) is 3.39. The lowest BCUT2D eigenvalue weighted by molar-refractivity contribution is -0.125. The summed E-state index contributed by atoms with van der Waals surface area (Å²) in [6.45, 7) is 1.17. The van der Waals surface area contributed by atoms with Crippen LogP contribution in [0.3, 0.4) is 0 Å². The fraction of sp³-hybridized carbons (Fsp3) is 0.800. The first-order valence-corrected chi connectivity index (χ1v) is 5.04. The second-order valence-electron chi connectivity index (χ2n) is 3.88. The molecule has 0 spiro atoms. The van der Waals surface area contributed by atoms with E-state index in [1.807, 2.05) is 0 Å². The van der Waals surface area contributed by atoms with E-state index in [1.54, 1.807) is 6.92 Å². The topological polar surface area (TPSA) is 66.4 Å². The van der Waals surface area contributed by atoms with E-state index in [9.17, 15) is 9.59 Å². The summed E-state index contributed by atoms with van der Waals surface area (Å²) in [5.74, 6) is 0.102. The van der Waals surface area contributed by atoms with Crippen molar-refractivity contribution in [3.05, 3.63) is 0 Å². The summed E-state index contributed by atoms with van der Waals surface area (Å²) >= 11 is 0. The number of nitrogens with one attached hydrogen (secondary N) is 1. The molecule has 1 aliphatic carbocycles. The van der Waals surface area contributed by atoms with Crippen LogP contribution in [0, 0.1) is 5.92 Å². The van der Waals surface area contributed by atoms with Crippen molar-refractivity contribution in [1.82, 2.24) is 5.32 Å². The minimum absolute atomic E-state index is 0.144. The van der Waals surface area contributed by atoms with Crippen LogP contribution in [0.5, 0.6) is 0 Å². The molecule has 0 aromatic carbocycles. The summed E-state index contributed by atoms with van der Waals surface area (Å²) in [4.78, 5) is 21.9. The Bertz CT molecular complexity index is 219. The SMILES string of the molecule is CC(=O)[C@H]1CC[C@H](NC(=O)CO)CC1. The van der Waals surface area contributed by atoms with Gasteiger partial charge in [-0.15, -0.1) is 0 Å². The van der Waals surface area contributed by atoms with Gasteiger partial charge in [-0.05, 0) is 32.6 Å². The Morgan fingerprint density at radius 1 is 1.29 bits per heavy atom. The Labute approximate surface area is 83.7 Å². The average molecular weight is 199 g/mol. The van der Waals surface area contributed by atoms with E-state index in [4.69, 9.17) is 5.11 Å². The molecule has 0 unspecified atom stereocenters. The number of aliphatic hydroxyl groups is 1. The Morgan fingerprint density at radius 3 is 2.29 bits per heavy atom. The van der Waals surface area contributed by atoms with Gasteiger partial charge in [0.05, 0.1) is 0 Å². The zero-order valence-electron chi connectivity index (χ0n) is 8.45. The van der Waals surface area contributed by atoms with Gasteiger partial charge in [-0.3, -0.25) is 9.59 Å². The highest BCUT2D eigenvalue weighted by molar-refractivity contribution is 5.79. The minimum Gasteiger partial charge on any atom is -0.387 e. The predicted molar refractivity (Wildman–Crippen MR) is 51.7 cm³/mol. The van der Waals surface area contributed by atoms with E-state index in [-0.39, 0.29) is 23.7 Å². The van der Waals surface area contributed by atoms with Crippen molar-refractivity contribution in [3.63, 3.8) is 0 Å². The number of rotatable bonds is 3. The summed E-state index contributed by atoms with van der Waals surface area (Å²) < 4.78 is 0. The monoisotopic (exact) mass is 199 g/mol. The Kier molecular flexibility index (Phi) is 4.07. The molecule has 0 radical (unpaired) electrons. The molecule has 0 aromatic rings. The van der Waals surface area contributed by atoms with Crippen LogP contribution >= 0.6 is 0 Å². The van der Waals surface area contributed by atoms with Gasteiger partial charge in [-0.1, -0.05) is 0 Å². The van der Waals surface area contributed by atoms with E-state index < -0.39 is 6.61 Å². The molecule has 80 valence electrons. The molecule has 0 bridgehead atoms. The molecule has 0 heterocycles. The number of carbonyl (C=O) groups excluding carboxylic acids is 2. The minimum atomic E-state index is -0.452. The van der Waals surface area contributed by atoms with Crippen LogP contribution in [-0.2, 0) is 9.59 Å². The third-order valence-corrected chi connectivity index (χ3v) is 2.81. The number of hydrogen-bond donors (Lipinski definition) is 2. The van der Waals surface area contributed by atoms with Gasteiger partial charge in [0.25, 0.3) is 0 Å². The molecule has 0 atom stereocenters. The fourth-order valence-corrected chi connectivity index (χ4v) is 1.92. The van der Waals surface area contributed by atoms with Crippen LogP contribution in [-0.4, -0.2) is 29.4 Å². The maximum absolute atomic E-state index is 11.1. The molecule has 1 saturated carbocycles. The molecule has 2 N–H and O–H groups in total. The van der Waals surface area contributed by atoms with Crippen LogP contribution in [0.15, 0.2) is 0 Å². The quantitative estimate of drug-likeness (QED) is 0.684. The number of ketones is 1. The maximum Gasteiger partial charge on any atom is 0.245 e. The van der Waals surface area contributed by atoms with Crippen LogP contribution < -0.4 is 5.32 Å². The molecule has 0 saturated heterocycles. The molecule has 0 aliphatic heterocycles. The number of Topliss-reactive ketones (excluding diaryl/α,β-unsaturated/α-hetero) is 1. The Hall–Kier alpha value is -0.900. The second-order valence-corrected chi connectivity index (χ2v) is 3.88. The summed E-state index contributed by atoms with van der Waals surface area (Å²) in [5, 5.41) is 11.3. The molecule has 1 amide bonds. The van der Waals surface area contributed by atoms with Gasteiger partial charge in [0.1, 0.15) is 12.4 Å². The molecular weight excluding hydrogens is 182 g/mol. The number of hydrogen-bond acceptors (Lipinski definition) is 3. The van der Waals surface area contributed by atoms with Crippen molar-refractivity contribution in [3.8, 4) is 0 Å². The van der Waals surface area contributed by atoms with Gasteiger partial charge < -0.3 is 10.4 Å². The van der Waals surface area contributed by atoms with Crippen molar-refractivity contribution in [2.45, 2.75) is 38.6 Å². The molecule has 1 rings (SSSR count). The van der Waals surface area contributed by atoms with E-state index in [1.165, 1.54) is 0 Å². The Balaban J connectivity index is 2.29. The van der Waals surface area contributed by atoms with E-state index in [0.29, 0.717) is 0 Å². The third-order valence-electron chi connectivity index (χ3n) is 2.81. The van der Waals surface area contributed by atoms with Gasteiger partial charge in [-0.2, -0.15) is 0 Å². The Morgan fingerprint density at radius 2 is 1.86 bits per heavy atom. The molecule has 1 fully saturated rings. The molecule has 4 heteroatoms. The second kappa shape index (κ2) is 5.10. The van der Waals surface area contributed by atoms with E-state index in [0.717, 1.165) is 25.7 Å². The highest BCUT2D eigenvalue weighted by Gasteiger charge is 2.24. The van der Waals surface area contributed by atoms with Crippen molar-refractivity contribution >= 4 is 11.7 Å². The lowest BCUT2D eigenvalue weighted by Crippen LogP contribution is -2.39. The van der Waals surface area contributed by atoms with Crippen LogP contribution in [0.2, 0.25) is 0 Å². The fourth-order valence-electron chi connectivity index (χ4n) is 1.92. The van der Waals surface area contributed by atoms with Crippen molar-refractivity contribution < 1.29 is 14.7 Å². The van der Waals surface area contributed by atoms with Crippen molar-refractivity contribution in [2.75, 3.05) is 6.61 Å². The average Bonchev–Trinajstić information content (AvgIpc) is 2.18. The third kappa shape index (κ3) is 3.10. The standard InChI is InChI=1S/C10H17NO3/c1-7(13)8-2-4-9(5-3-8)11-10(14)6-12/h8-9,12H,2-6H2,1H3,(H,11,14)/t8-,9-. The zero-order chi connectivity index (χ0) is 10.6. The number of aliphatic hydroxyl groups excluding tert-OH is 1. The van der Waals surface area contributed by atoms with Gasteiger partial charge in [0.2, 0.25) is 5.91 Å². The largest absolute Gasteiger partial charge is 0.387 e. The number of amides is 1. The smallest absolute Gasteiger partial charge is 0.245 e. The van der Waals surface area contributed by atoms with E-state index in [2.05, 4.69) is 5.32 Å². The summed E-state index contributed by atoms with van der Waals surface area (Å²) in [7, 11) is 0. The zero-order valence-corrected chi connectivity index (χ0v) is 8.45. The molecule has 4 nitrogen and oxygen atoms in total. The first kappa shape index (κ1) is 11.2. The van der Waals surface area contributed by atoms with E-state index >= 15 is 0 Å². The van der Waals surface area contributed by atoms with Crippen LogP contribution in [0.1, 0.15) is 32.6 Å². The summed E-state index contributed by atoms with van der Waals surface area (Å²) in [5.41, 5.74) is 0. The van der Waals surface area contributed by atoms with Gasteiger partial charge in [0, 0.05) is 12.0 Å². The van der Waals surface area contributed by atoms with Crippen molar-refractivity contribution in [2.24, 2.45) is 5.92 Å². The lowest BCUT2D eigenvalue weighted by atomic mass is 9.84. The van der Waals surface area contributed by atoms with Crippen LogP contribution in [0.25, 0.3) is 0 Å². The van der Waals surface area contributed by atoms with Gasteiger partial charge >= 0.3 is 0 Å². The van der Waals surface area contributed by atoms with Crippen molar-refractivity contribution in [1.29, 1.82) is 0 Å². The highest BCUT2D eigenvalue weighted by atomic mass is 16.3. The van der Waals surface area contributed by atoms with Crippen LogP contribution in [0.4, 0.5) is 0 Å². The number of carbonyl (C=O) groups is 2. The maximum atomic E-state index is 11.1. The first-order valence-electron chi connectivity index (χ1n) is 5.04. The first-order chi connectivity index (χ1) is 6.63. The predicted octanol–water partition coefficient (Wildman–Crippen LogP) is 0.243. The van der Waals surface area contributed by atoms with Gasteiger partial charge in [0.15, 0.2) is 0 Å². The van der Waals surface area contributed by atoms with Gasteiger partial charge in [-0.25, -0.2) is 0 Å². The molecular formula is C10H17NO3. The molecule has 1 aliphatic rings. The molecule has 14 heavy (non-hydrogen) atoms. The highest BCUT2D eigenvalue weighted by Crippen LogP contribution is 2.24. The lowest BCUT2D eigenvalue weighted by Gasteiger charge is -2.27. The normalized spacial score (nSPS) is 27.0.